The first kappa shape index (κ1) is 17.9. The van der Waals surface area contributed by atoms with E-state index in [0.29, 0.717) is 34.4 Å². The van der Waals surface area contributed by atoms with E-state index in [0.717, 1.165) is 0 Å². The second kappa shape index (κ2) is 8.45. The summed E-state index contributed by atoms with van der Waals surface area (Å²) in [6, 6.07) is 12.4. The first-order valence-corrected chi connectivity index (χ1v) is 7.91. The van der Waals surface area contributed by atoms with Crippen LogP contribution >= 0.6 is 11.6 Å². The first-order valence-electron chi connectivity index (χ1n) is 7.53. The Morgan fingerprint density at radius 3 is 2.38 bits per heavy atom. The number of methoxy groups -OCH3 is 2. The largest absolute Gasteiger partial charge is 0.495 e. The average molecular weight is 350 g/mol. The molecule has 0 aliphatic rings. The van der Waals surface area contributed by atoms with Crippen LogP contribution in [0.2, 0.25) is 5.02 Å². The molecule has 2 aromatic carbocycles. The summed E-state index contributed by atoms with van der Waals surface area (Å²) in [4.78, 5) is 12.5. The number of anilines is 1. The van der Waals surface area contributed by atoms with Crippen LogP contribution in [-0.2, 0) is 4.79 Å². The molecular weight excluding hydrogens is 330 g/mol. The van der Waals surface area contributed by atoms with Crippen LogP contribution in [0, 0.1) is 0 Å². The molecule has 2 rings (SSSR count). The van der Waals surface area contributed by atoms with Gasteiger partial charge in [0.2, 0.25) is 0 Å². The smallest absolute Gasteiger partial charge is 0.265 e. The van der Waals surface area contributed by atoms with Crippen molar-refractivity contribution in [3.8, 4) is 17.2 Å². The summed E-state index contributed by atoms with van der Waals surface area (Å²) in [5, 5.41) is 3.21. The number of para-hydroxylation sites is 1. The van der Waals surface area contributed by atoms with E-state index in [2.05, 4.69) is 5.32 Å². The van der Waals surface area contributed by atoms with Gasteiger partial charge in [-0.05, 0) is 18.6 Å². The number of rotatable bonds is 7. The van der Waals surface area contributed by atoms with E-state index in [-0.39, 0.29) is 5.91 Å². The molecule has 0 aliphatic heterocycles. The molecular formula is C18H20ClNO4. The summed E-state index contributed by atoms with van der Waals surface area (Å²) in [5.74, 6) is 1.26. The van der Waals surface area contributed by atoms with Gasteiger partial charge in [-0.3, -0.25) is 4.79 Å². The molecule has 0 radical (unpaired) electrons. The lowest BCUT2D eigenvalue weighted by atomic mass is 10.2. The van der Waals surface area contributed by atoms with Crippen molar-refractivity contribution in [3.63, 3.8) is 0 Å². The quantitative estimate of drug-likeness (QED) is 0.815. The van der Waals surface area contributed by atoms with Crippen LogP contribution in [0.5, 0.6) is 17.2 Å². The monoisotopic (exact) mass is 349 g/mol. The van der Waals surface area contributed by atoms with E-state index in [1.807, 2.05) is 37.3 Å². The Bertz CT molecular complexity index is 691. The maximum atomic E-state index is 12.5. The maximum Gasteiger partial charge on any atom is 0.265 e. The summed E-state index contributed by atoms with van der Waals surface area (Å²) in [7, 11) is 3.01. The van der Waals surface area contributed by atoms with Crippen molar-refractivity contribution in [1.29, 1.82) is 0 Å². The third kappa shape index (κ3) is 4.32. The van der Waals surface area contributed by atoms with Gasteiger partial charge in [0, 0.05) is 12.1 Å². The lowest BCUT2D eigenvalue weighted by Crippen LogP contribution is -2.32. The molecule has 0 spiro atoms. The summed E-state index contributed by atoms with van der Waals surface area (Å²) < 4.78 is 16.2. The van der Waals surface area contributed by atoms with Crippen LogP contribution in [0.15, 0.2) is 42.5 Å². The summed E-state index contributed by atoms with van der Waals surface area (Å²) >= 11 is 6.07. The number of benzene rings is 2. The number of hydrogen-bond donors (Lipinski definition) is 1. The lowest BCUT2D eigenvalue weighted by Gasteiger charge is -2.19. The Balaban J connectivity index is 2.18. The molecule has 5 nitrogen and oxygen atoms in total. The van der Waals surface area contributed by atoms with Gasteiger partial charge in [-0.15, -0.1) is 0 Å². The third-order valence-corrected chi connectivity index (χ3v) is 3.71. The first-order chi connectivity index (χ1) is 11.6. The summed E-state index contributed by atoms with van der Waals surface area (Å²) in [5.41, 5.74) is 0.471. The summed E-state index contributed by atoms with van der Waals surface area (Å²) in [6.45, 7) is 1.88. The molecule has 1 unspecified atom stereocenters. The third-order valence-electron chi connectivity index (χ3n) is 3.42. The van der Waals surface area contributed by atoms with Gasteiger partial charge in [-0.2, -0.15) is 0 Å². The second-order valence-corrected chi connectivity index (χ2v) is 5.41. The maximum absolute atomic E-state index is 12.5. The van der Waals surface area contributed by atoms with Crippen molar-refractivity contribution in [2.24, 2.45) is 0 Å². The van der Waals surface area contributed by atoms with Gasteiger partial charge < -0.3 is 19.5 Å². The fourth-order valence-corrected chi connectivity index (χ4v) is 2.39. The molecule has 0 aliphatic carbocycles. The minimum atomic E-state index is -0.626. The van der Waals surface area contributed by atoms with Gasteiger partial charge in [-0.25, -0.2) is 0 Å². The predicted molar refractivity (Wildman–Crippen MR) is 94.3 cm³/mol. The van der Waals surface area contributed by atoms with E-state index in [4.69, 9.17) is 25.8 Å². The number of halogens is 1. The molecule has 0 bridgehead atoms. The number of hydrogen-bond acceptors (Lipinski definition) is 4. The van der Waals surface area contributed by atoms with E-state index in [1.165, 1.54) is 14.2 Å². The standard InChI is InChI=1S/C18H20ClNO4/c1-4-15(24-12-8-6-5-7-9-12)18(21)20-14-11-16(22-2)13(19)10-17(14)23-3/h5-11,15H,4H2,1-3H3,(H,20,21). The summed E-state index contributed by atoms with van der Waals surface area (Å²) in [6.07, 6.45) is -0.105. The van der Waals surface area contributed by atoms with Gasteiger partial charge in [0.15, 0.2) is 6.10 Å². The number of amides is 1. The fourth-order valence-electron chi connectivity index (χ4n) is 2.16. The molecule has 6 heteroatoms. The Hall–Kier alpha value is -2.40. The van der Waals surface area contributed by atoms with Crippen molar-refractivity contribution in [2.75, 3.05) is 19.5 Å². The second-order valence-electron chi connectivity index (χ2n) is 5.00. The van der Waals surface area contributed by atoms with E-state index < -0.39 is 6.10 Å². The van der Waals surface area contributed by atoms with Crippen molar-refractivity contribution >= 4 is 23.2 Å². The number of carbonyl (C=O) groups excluding carboxylic acids is 1. The Kier molecular flexibility index (Phi) is 6.32. The Morgan fingerprint density at radius 1 is 1.12 bits per heavy atom. The van der Waals surface area contributed by atoms with Gasteiger partial charge in [0.1, 0.15) is 17.2 Å². The molecule has 0 heterocycles. The van der Waals surface area contributed by atoms with Crippen LogP contribution in [0.4, 0.5) is 5.69 Å². The number of carbonyl (C=O) groups is 1. The molecule has 24 heavy (non-hydrogen) atoms. The van der Waals surface area contributed by atoms with Crippen LogP contribution in [0.1, 0.15) is 13.3 Å². The molecule has 0 fully saturated rings. The Morgan fingerprint density at radius 2 is 1.79 bits per heavy atom. The molecule has 1 atom stereocenters. The molecule has 128 valence electrons. The lowest BCUT2D eigenvalue weighted by molar-refractivity contribution is -0.122. The van der Waals surface area contributed by atoms with E-state index in [9.17, 15) is 4.79 Å². The minimum Gasteiger partial charge on any atom is -0.495 e. The molecule has 0 aromatic heterocycles. The zero-order valence-corrected chi connectivity index (χ0v) is 14.6. The van der Waals surface area contributed by atoms with Crippen LogP contribution in [0.25, 0.3) is 0 Å². The van der Waals surface area contributed by atoms with Crippen molar-refractivity contribution in [2.45, 2.75) is 19.4 Å². The fraction of sp³-hybridized carbons (Fsp3) is 0.278. The zero-order chi connectivity index (χ0) is 17.5. The minimum absolute atomic E-state index is 0.274. The number of ether oxygens (including phenoxy) is 3. The molecule has 0 saturated heterocycles. The molecule has 1 N–H and O–H groups in total. The van der Waals surface area contributed by atoms with Gasteiger partial charge in [0.05, 0.1) is 24.9 Å². The Labute approximate surface area is 146 Å². The highest BCUT2D eigenvalue weighted by atomic mass is 35.5. The predicted octanol–water partition coefficient (Wildman–Crippen LogP) is 4.15. The van der Waals surface area contributed by atoms with Crippen LogP contribution in [0.3, 0.4) is 0 Å². The van der Waals surface area contributed by atoms with Gasteiger partial charge in [-0.1, -0.05) is 36.7 Å². The normalized spacial score (nSPS) is 11.5. The molecule has 1 amide bonds. The van der Waals surface area contributed by atoms with Crippen LogP contribution < -0.4 is 19.5 Å². The molecule has 0 saturated carbocycles. The van der Waals surface area contributed by atoms with Crippen molar-refractivity contribution in [3.05, 3.63) is 47.5 Å². The molecule has 2 aromatic rings. The highest BCUT2D eigenvalue weighted by Gasteiger charge is 2.21. The average Bonchev–Trinajstić information content (AvgIpc) is 2.61. The SMILES string of the molecule is CCC(Oc1ccccc1)C(=O)Nc1cc(OC)c(Cl)cc1OC. The van der Waals surface area contributed by atoms with E-state index >= 15 is 0 Å². The van der Waals surface area contributed by atoms with E-state index in [1.54, 1.807) is 12.1 Å². The number of nitrogens with one attached hydrogen (secondary N) is 1. The van der Waals surface area contributed by atoms with Crippen molar-refractivity contribution < 1.29 is 19.0 Å². The topological polar surface area (TPSA) is 56.8 Å². The zero-order valence-electron chi connectivity index (χ0n) is 13.8. The van der Waals surface area contributed by atoms with Gasteiger partial charge >= 0.3 is 0 Å². The van der Waals surface area contributed by atoms with Gasteiger partial charge in [0.25, 0.3) is 5.91 Å². The highest BCUT2D eigenvalue weighted by Crippen LogP contribution is 2.36. The van der Waals surface area contributed by atoms with Crippen LogP contribution in [-0.4, -0.2) is 26.2 Å². The highest BCUT2D eigenvalue weighted by molar-refractivity contribution is 6.32. The van der Waals surface area contributed by atoms with Crippen molar-refractivity contribution in [1.82, 2.24) is 0 Å².